The van der Waals surface area contributed by atoms with Gasteiger partial charge in [0, 0.05) is 19.3 Å². The second-order valence-electron chi connectivity index (χ2n) is 5.26. The Morgan fingerprint density at radius 1 is 1.24 bits per heavy atom. The van der Waals surface area contributed by atoms with E-state index in [-0.39, 0.29) is 5.91 Å². The van der Waals surface area contributed by atoms with E-state index in [1.807, 2.05) is 35.9 Å². The lowest BCUT2D eigenvalue weighted by Crippen LogP contribution is -2.23. The number of carbonyl (C=O) groups excluding carboxylic acids is 1. The maximum atomic E-state index is 12.0. The Balaban J connectivity index is 1.88. The molecule has 0 spiro atoms. The molecule has 0 radical (unpaired) electrons. The van der Waals surface area contributed by atoms with Crippen LogP contribution in [-0.2, 0) is 13.5 Å². The van der Waals surface area contributed by atoms with Crippen LogP contribution in [0.1, 0.15) is 22.6 Å². The van der Waals surface area contributed by atoms with Gasteiger partial charge in [-0.1, -0.05) is 12.1 Å². The zero-order chi connectivity index (χ0) is 14.4. The molecule has 1 aromatic carbocycles. The van der Waals surface area contributed by atoms with Crippen LogP contribution in [0.2, 0.25) is 0 Å². The summed E-state index contributed by atoms with van der Waals surface area (Å²) in [5.41, 5.74) is 3.36. The Morgan fingerprint density at radius 2 is 2.10 bits per heavy atom. The molecule has 106 valence electrons. The van der Waals surface area contributed by atoms with Crippen molar-refractivity contribution < 1.29 is 4.79 Å². The molecule has 3 aromatic rings. The Hall–Kier alpha value is -2.63. The molecule has 0 atom stereocenters. The van der Waals surface area contributed by atoms with Crippen LogP contribution >= 0.6 is 0 Å². The monoisotopic (exact) mass is 281 g/mol. The minimum Gasteiger partial charge on any atom is -0.351 e. The quantitative estimate of drug-likeness (QED) is 0.712. The van der Waals surface area contributed by atoms with Crippen LogP contribution in [0.3, 0.4) is 0 Å². The van der Waals surface area contributed by atoms with Crippen molar-refractivity contribution in [3.63, 3.8) is 0 Å². The summed E-state index contributed by atoms with van der Waals surface area (Å²) in [4.78, 5) is 24.3. The van der Waals surface area contributed by atoms with E-state index >= 15 is 0 Å². The zero-order valence-electron chi connectivity index (χ0n) is 11.7. The molecule has 1 aliphatic heterocycles. The standard InChI is InChI=1S/C15H15N5O/c1-20-11-7-3-2-5-9(11)18-14(20)13-17-10-6-4-8-16-15(21)12(10)19-13/h2-3,5,7H,4,6,8H2,1H3,(H,16,21)(H,17,19). The number of aromatic nitrogens is 4. The summed E-state index contributed by atoms with van der Waals surface area (Å²) in [5.74, 6) is 1.29. The number of carbonyl (C=O) groups is 1. The second kappa shape index (κ2) is 4.44. The van der Waals surface area contributed by atoms with Crippen molar-refractivity contribution in [2.24, 2.45) is 7.05 Å². The average molecular weight is 281 g/mol. The van der Waals surface area contributed by atoms with Crippen molar-refractivity contribution in [3.05, 3.63) is 35.7 Å². The van der Waals surface area contributed by atoms with Crippen molar-refractivity contribution in [1.29, 1.82) is 0 Å². The number of nitrogens with one attached hydrogen (secondary N) is 2. The van der Waals surface area contributed by atoms with Crippen molar-refractivity contribution in [2.75, 3.05) is 6.54 Å². The van der Waals surface area contributed by atoms with Gasteiger partial charge in [-0.2, -0.15) is 0 Å². The smallest absolute Gasteiger partial charge is 0.271 e. The molecular weight excluding hydrogens is 266 g/mol. The predicted octanol–water partition coefficient (Wildman–Crippen LogP) is 1.64. The van der Waals surface area contributed by atoms with Gasteiger partial charge in [-0.25, -0.2) is 9.97 Å². The van der Waals surface area contributed by atoms with E-state index in [1.54, 1.807) is 0 Å². The number of benzene rings is 1. The lowest BCUT2D eigenvalue weighted by Gasteiger charge is -1.99. The normalized spacial score (nSPS) is 14.8. The van der Waals surface area contributed by atoms with Gasteiger partial charge < -0.3 is 14.9 Å². The van der Waals surface area contributed by atoms with E-state index in [1.165, 1.54) is 0 Å². The van der Waals surface area contributed by atoms with Crippen LogP contribution in [0, 0.1) is 0 Å². The molecule has 2 aromatic heterocycles. The van der Waals surface area contributed by atoms with Gasteiger partial charge in [0.25, 0.3) is 5.91 Å². The molecule has 1 amide bonds. The highest BCUT2D eigenvalue weighted by Crippen LogP contribution is 2.23. The Kier molecular flexibility index (Phi) is 2.57. The summed E-state index contributed by atoms with van der Waals surface area (Å²) in [7, 11) is 1.96. The number of fused-ring (bicyclic) bond motifs is 2. The average Bonchev–Trinajstić information content (AvgIpc) is 3.01. The minimum atomic E-state index is -0.108. The molecule has 6 heteroatoms. The van der Waals surface area contributed by atoms with Crippen LogP contribution in [0.5, 0.6) is 0 Å². The van der Waals surface area contributed by atoms with Crippen molar-refractivity contribution in [3.8, 4) is 11.6 Å². The Labute approximate surface area is 121 Å². The largest absolute Gasteiger partial charge is 0.351 e. The van der Waals surface area contributed by atoms with Gasteiger partial charge in [-0.05, 0) is 25.0 Å². The number of aryl methyl sites for hydroxylation is 2. The van der Waals surface area contributed by atoms with E-state index in [0.29, 0.717) is 18.1 Å². The van der Waals surface area contributed by atoms with Crippen LogP contribution in [0.25, 0.3) is 22.7 Å². The molecule has 0 fully saturated rings. The van der Waals surface area contributed by atoms with E-state index in [4.69, 9.17) is 0 Å². The van der Waals surface area contributed by atoms with Crippen LogP contribution in [0.4, 0.5) is 0 Å². The first-order valence-electron chi connectivity index (χ1n) is 7.03. The molecule has 0 unspecified atom stereocenters. The van der Waals surface area contributed by atoms with Crippen molar-refractivity contribution in [2.45, 2.75) is 12.8 Å². The predicted molar refractivity (Wildman–Crippen MR) is 78.9 cm³/mol. The van der Waals surface area contributed by atoms with Gasteiger partial charge in [-0.15, -0.1) is 0 Å². The maximum absolute atomic E-state index is 12.0. The molecule has 0 saturated carbocycles. The third-order valence-corrected chi connectivity index (χ3v) is 3.88. The fourth-order valence-corrected chi connectivity index (χ4v) is 2.79. The third-order valence-electron chi connectivity index (χ3n) is 3.88. The summed E-state index contributed by atoms with van der Waals surface area (Å²) < 4.78 is 1.99. The van der Waals surface area contributed by atoms with E-state index in [0.717, 1.165) is 35.4 Å². The molecule has 4 rings (SSSR count). The molecule has 3 heterocycles. The number of hydrogen-bond acceptors (Lipinski definition) is 3. The van der Waals surface area contributed by atoms with Crippen molar-refractivity contribution in [1.82, 2.24) is 24.8 Å². The number of imidazole rings is 2. The zero-order valence-corrected chi connectivity index (χ0v) is 11.7. The van der Waals surface area contributed by atoms with Gasteiger partial charge >= 0.3 is 0 Å². The molecule has 0 saturated heterocycles. The van der Waals surface area contributed by atoms with E-state index in [9.17, 15) is 4.79 Å². The highest BCUT2D eigenvalue weighted by molar-refractivity contribution is 5.94. The summed E-state index contributed by atoms with van der Waals surface area (Å²) >= 11 is 0. The van der Waals surface area contributed by atoms with Crippen LogP contribution in [-0.4, -0.2) is 32.0 Å². The third kappa shape index (κ3) is 1.83. The molecule has 0 aliphatic carbocycles. The van der Waals surface area contributed by atoms with Gasteiger partial charge in [0.05, 0.1) is 11.0 Å². The van der Waals surface area contributed by atoms with Crippen LogP contribution in [0.15, 0.2) is 24.3 Å². The van der Waals surface area contributed by atoms with Crippen molar-refractivity contribution >= 4 is 16.9 Å². The SMILES string of the molecule is Cn1c(-c2nc3c([nH]2)CCCNC3=O)nc2ccccc21. The summed E-state index contributed by atoms with van der Waals surface area (Å²) in [5, 5.41) is 2.86. The number of amides is 1. The topological polar surface area (TPSA) is 75.6 Å². The fourth-order valence-electron chi connectivity index (χ4n) is 2.79. The number of aromatic amines is 1. The first-order valence-corrected chi connectivity index (χ1v) is 7.03. The Bertz CT molecular complexity index is 845. The molecule has 21 heavy (non-hydrogen) atoms. The first kappa shape index (κ1) is 12.1. The Morgan fingerprint density at radius 3 is 2.95 bits per heavy atom. The van der Waals surface area contributed by atoms with Crippen LogP contribution < -0.4 is 5.32 Å². The maximum Gasteiger partial charge on any atom is 0.271 e. The lowest BCUT2D eigenvalue weighted by atomic mass is 10.2. The lowest BCUT2D eigenvalue weighted by molar-refractivity contribution is 0.0951. The summed E-state index contributed by atoms with van der Waals surface area (Å²) in [6.45, 7) is 0.699. The number of hydrogen-bond donors (Lipinski definition) is 2. The minimum absolute atomic E-state index is 0.108. The number of H-pyrrole nitrogens is 1. The summed E-state index contributed by atoms with van der Waals surface area (Å²) in [6, 6.07) is 7.94. The molecule has 0 bridgehead atoms. The summed E-state index contributed by atoms with van der Waals surface area (Å²) in [6.07, 6.45) is 1.74. The highest BCUT2D eigenvalue weighted by Gasteiger charge is 2.22. The number of para-hydroxylation sites is 2. The van der Waals surface area contributed by atoms with E-state index < -0.39 is 0 Å². The molecular formula is C15H15N5O. The second-order valence-corrected chi connectivity index (χ2v) is 5.26. The first-order chi connectivity index (χ1) is 10.2. The number of rotatable bonds is 1. The highest BCUT2D eigenvalue weighted by atomic mass is 16.1. The van der Waals surface area contributed by atoms with E-state index in [2.05, 4.69) is 20.3 Å². The van der Waals surface area contributed by atoms with Gasteiger partial charge in [0.2, 0.25) is 0 Å². The van der Waals surface area contributed by atoms with Gasteiger partial charge in [0.1, 0.15) is 5.69 Å². The fraction of sp³-hybridized carbons (Fsp3) is 0.267. The van der Waals surface area contributed by atoms with Gasteiger partial charge in [0.15, 0.2) is 11.6 Å². The van der Waals surface area contributed by atoms with Gasteiger partial charge in [-0.3, -0.25) is 4.79 Å². The molecule has 1 aliphatic rings. The number of nitrogens with zero attached hydrogens (tertiary/aromatic N) is 3. The molecule has 6 nitrogen and oxygen atoms in total. The molecule has 2 N–H and O–H groups in total.